The Morgan fingerprint density at radius 2 is 0.842 bits per heavy atom. The first kappa shape index (κ1) is 62.9. The molecule has 0 aromatic carbocycles. The number of hydroxylamine groups is 6. The molecular formula is C31H48I6N3O17-. The van der Waals surface area contributed by atoms with E-state index in [0.29, 0.717) is 31.2 Å². The minimum atomic E-state index is -1.48. The number of amides is 6. The Kier molecular flexibility index (Phi) is 44.8. The van der Waals surface area contributed by atoms with Gasteiger partial charge in [-0.15, -0.1) is 24.0 Å². The molecule has 20 nitrogen and oxygen atoms in total. The average Bonchev–Trinajstić information content (AvgIpc) is 3.77. The summed E-state index contributed by atoms with van der Waals surface area (Å²) in [5.74, 6) is -4.46. The van der Waals surface area contributed by atoms with Gasteiger partial charge in [0.25, 0.3) is 35.4 Å². The zero-order chi connectivity index (χ0) is 42.2. The molecular weight excluding hydrogens is 1450 g/mol. The van der Waals surface area contributed by atoms with E-state index in [0.717, 1.165) is 38.5 Å². The number of nitrogens with zero attached hydrogens (tertiary/aromatic N) is 3. The zero-order valence-corrected chi connectivity index (χ0v) is 43.5. The Bertz CT molecular complexity index is 1190. The van der Waals surface area contributed by atoms with Gasteiger partial charge in [-0.1, -0.05) is 62.1 Å². The van der Waals surface area contributed by atoms with Crippen LogP contribution in [-0.2, 0) is 67.1 Å². The molecule has 0 bridgehead atoms. The standard InChI is InChI=1S/C13H19NO7.C9H8N2O7.C8H16O3.CH4.I3.I2.HI/c1-2-3-4-5-12(17)19-8-9-20-13(18)21-14-10(15)6-7-11(14)16;12-5-1-2-6(13)10(5)17-9(16)18-11-7(14)3-4-8(11)15;1-2-3-4-5-8(10)11-7-6-9;;1-3-2;1-2;/h2-9H2,1H3;1-4H2;9H,2-7H2,1H3;1H4;;;1H/q;;;;-1;;. The SMILES string of the molecule is C.CCCCCC(=O)OCCO.CCCCCC(=O)OCCOC(=O)ON1C(=O)CCC1=O.I.II.I[I-]I.O=C(ON1C(=O)CCC1=O)ON1C(=O)CCC1=O. The summed E-state index contributed by atoms with van der Waals surface area (Å²) in [6, 6.07) is 0. The van der Waals surface area contributed by atoms with Gasteiger partial charge in [0.1, 0.15) is 19.8 Å². The largest absolute Gasteiger partial charge is 0.560 e. The van der Waals surface area contributed by atoms with Gasteiger partial charge < -0.3 is 19.3 Å². The van der Waals surface area contributed by atoms with Crippen molar-refractivity contribution in [3.8, 4) is 0 Å². The molecule has 3 aliphatic heterocycles. The minimum absolute atomic E-state index is 0. The van der Waals surface area contributed by atoms with E-state index in [4.69, 9.17) is 9.84 Å². The van der Waals surface area contributed by atoms with Gasteiger partial charge in [-0.25, -0.2) is 4.79 Å². The molecule has 0 radical (unpaired) electrons. The predicted molar refractivity (Wildman–Crippen MR) is 239 cm³/mol. The van der Waals surface area contributed by atoms with Crippen LogP contribution in [0.2, 0.25) is 0 Å². The van der Waals surface area contributed by atoms with Crippen molar-refractivity contribution in [2.75, 3.05) is 26.4 Å². The number of hydrogen-bond donors (Lipinski definition) is 1. The maximum absolute atomic E-state index is 11.2. The summed E-state index contributed by atoms with van der Waals surface area (Å²) in [7, 11) is 0. The van der Waals surface area contributed by atoms with Gasteiger partial charge in [0.2, 0.25) is 0 Å². The number of imide groups is 3. The Morgan fingerprint density at radius 1 is 0.561 bits per heavy atom. The van der Waals surface area contributed by atoms with Crippen LogP contribution < -0.4 is 13.3 Å². The van der Waals surface area contributed by atoms with E-state index in [1.54, 1.807) is 0 Å². The molecule has 0 aromatic rings. The quantitative estimate of drug-likeness (QED) is 0.0763. The Labute approximate surface area is 401 Å². The van der Waals surface area contributed by atoms with Crippen molar-refractivity contribution in [3.05, 3.63) is 0 Å². The number of aliphatic hydroxyl groups excluding tert-OH is 1. The molecule has 0 unspecified atom stereocenters. The van der Waals surface area contributed by atoms with Crippen molar-refractivity contribution in [2.24, 2.45) is 0 Å². The fourth-order valence-corrected chi connectivity index (χ4v) is 3.86. The number of halogens is 6. The average molecular weight is 1500 g/mol. The van der Waals surface area contributed by atoms with Crippen LogP contribution in [0.25, 0.3) is 0 Å². The fourth-order valence-electron chi connectivity index (χ4n) is 3.86. The number of esters is 2. The Balaban J connectivity index is -0.000000356. The van der Waals surface area contributed by atoms with Gasteiger partial charge in [-0.3, -0.25) is 52.9 Å². The van der Waals surface area contributed by atoms with Gasteiger partial charge in [0, 0.05) is 88.6 Å². The van der Waals surface area contributed by atoms with E-state index in [1.165, 1.54) is 0 Å². The number of unbranched alkanes of at least 4 members (excludes halogenated alkanes) is 4. The normalized spacial score (nSPS) is 13.8. The van der Waals surface area contributed by atoms with Gasteiger partial charge in [0.15, 0.2) is 0 Å². The summed E-state index contributed by atoms with van der Waals surface area (Å²) in [5, 5.41) is 9.21. The van der Waals surface area contributed by atoms with Crippen molar-refractivity contribution in [2.45, 2.75) is 111 Å². The predicted octanol–water partition coefficient (Wildman–Crippen LogP) is 3.50. The van der Waals surface area contributed by atoms with Crippen LogP contribution in [0.15, 0.2) is 0 Å². The molecule has 3 heterocycles. The Hall–Kier alpha value is -0.760. The van der Waals surface area contributed by atoms with Crippen LogP contribution in [0.4, 0.5) is 9.59 Å². The molecule has 0 aliphatic carbocycles. The molecule has 26 heteroatoms. The minimum Gasteiger partial charge on any atom is -0.293 e. The molecule has 6 amide bonds. The van der Waals surface area contributed by atoms with Crippen LogP contribution in [0.3, 0.4) is 0 Å². The van der Waals surface area contributed by atoms with Crippen LogP contribution in [0.5, 0.6) is 0 Å². The van der Waals surface area contributed by atoms with Crippen LogP contribution in [0.1, 0.15) is 111 Å². The third kappa shape index (κ3) is 30.9. The number of hydrogen-bond acceptors (Lipinski definition) is 17. The van der Waals surface area contributed by atoms with Crippen molar-refractivity contribution < 1.29 is 95.0 Å². The number of rotatable bonds is 16. The van der Waals surface area contributed by atoms with Gasteiger partial charge in [-0.2, -0.15) is 4.79 Å². The molecule has 0 spiro atoms. The molecule has 0 atom stereocenters. The van der Waals surface area contributed by atoms with E-state index in [1.807, 2.05) is 6.92 Å². The summed E-state index contributed by atoms with van der Waals surface area (Å²) in [4.78, 5) is 124. The molecule has 0 aromatic heterocycles. The molecule has 1 N–H and O–H groups in total. The Morgan fingerprint density at radius 3 is 1.14 bits per heavy atom. The maximum Gasteiger partial charge on any atom is 0.560 e. The molecule has 332 valence electrons. The second-order valence-corrected chi connectivity index (χ2v) is 26.7. The number of carbonyl (C=O) groups is 10. The van der Waals surface area contributed by atoms with E-state index in [2.05, 4.69) is 105 Å². The van der Waals surface area contributed by atoms with Crippen LogP contribution in [-0.4, -0.2) is 106 Å². The van der Waals surface area contributed by atoms with E-state index in [-0.39, 0.29) is 118 Å². The van der Waals surface area contributed by atoms with Crippen LogP contribution >= 0.6 is 98.4 Å². The second kappa shape index (κ2) is 40.6. The van der Waals surface area contributed by atoms with Crippen molar-refractivity contribution in [1.29, 1.82) is 0 Å². The van der Waals surface area contributed by atoms with Crippen molar-refractivity contribution >= 4 is 158 Å². The summed E-state index contributed by atoms with van der Waals surface area (Å²) in [6.07, 6.45) is 3.71. The first-order valence-electron chi connectivity index (χ1n) is 16.5. The second-order valence-electron chi connectivity index (χ2n) is 10.5. The van der Waals surface area contributed by atoms with E-state index < -0.39 is 47.8 Å². The smallest absolute Gasteiger partial charge is 0.293 e. The van der Waals surface area contributed by atoms with Gasteiger partial charge in [0.05, 0.1) is 6.61 Å². The first-order valence-corrected chi connectivity index (χ1v) is 35.4. The molecule has 3 rings (SSSR count). The van der Waals surface area contributed by atoms with Crippen molar-refractivity contribution in [3.63, 3.8) is 0 Å². The maximum atomic E-state index is 11.2. The summed E-state index contributed by atoms with van der Waals surface area (Å²) in [6.45, 7) is 3.86. The van der Waals surface area contributed by atoms with Crippen molar-refractivity contribution in [1.82, 2.24) is 15.2 Å². The van der Waals surface area contributed by atoms with E-state index >= 15 is 0 Å². The number of aliphatic hydroxyl groups is 1. The first-order chi connectivity index (χ1) is 26.2. The monoisotopic (exact) mass is 1500 g/mol. The summed E-state index contributed by atoms with van der Waals surface area (Å²) < 4.78 is 14.1. The number of ether oxygens (including phenoxy) is 3. The van der Waals surface area contributed by atoms with Crippen LogP contribution in [0, 0.1) is 0 Å². The fraction of sp³-hybridized carbons (Fsp3) is 0.677. The third-order valence-electron chi connectivity index (χ3n) is 6.40. The molecule has 0 saturated carbocycles. The molecule has 57 heavy (non-hydrogen) atoms. The number of carbonyl (C=O) groups excluding carboxylic acids is 10. The molecule has 3 aliphatic rings. The van der Waals surface area contributed by atoms with Gasteiger partial charge in [-0.05, 0) is 12.8 Å². The molecule has 3 saturated heterocycles. The summed E-state index contributed by atoms with van der Waals surface area (Å²) in [5.41, 5.74) is 0. The molecule has 3 fully saturated rings. The zero-order valence-electron chi connectivity index (χ0n) is 30.3. The van der Waals surface area contributed by atoms with E-state index in [9.17, 15) is 47.9 Å². The van der Waals surface area contributed by atoms with Gasteiger partial charge >= 0.3 is 74.7 Å². The topological polar surface area (TPSA) is 256 Å². The summed E-state index contributed by atoms with van der Waals surface area (Å²) >= 11 is 9.54. The third-order valence-corrected chi connectivity index (χ3v) is 6.40.